The number of carboxylic acids is 1. The molecule has 18 heavy (non-hydrogen) atoms. The number of methoxy groups -OCH3 is 1. The fourth-order valence-corrected chi connectivity index (χ4v) is 1.71. The number of aliphatic carboxylic acids is 1. The van der Waals surface area contributed by atoms with Crippen molar-refractivity contribution >= 4 is 11.9 Å². The van der Waals surface area contributed by atoms with E-state index in [2.05, 4.69) is 5.32 Å². The van der Waals surface area contributed by atoms with Crippen molar-refractivity contribution in [1.82, 2.24) is 5.32 Å². The normalized spacial score (nSPS) is 14.9. The fraction of sp³-hybridized carbons (Fsp3) is 0.846. The maximum Gasteiger partial charge on any atom is 0.311 e. The SMILES string of the molecule is CCC(CC)(CNC(=O)C(C)(CC)OC)C(=O)O. The van der Waals surface area contributed by atoms with Crippen LogP contribution in [0.3, 0.4) is 0 Å². The maximum absolute atomic E-state index is 12.0. The van der Waals surface area contributed by atoms with E-state index < -0.39 is 17.0 Å². The average molecular weight is 259 g/mol. The third kappa shape index (κ3) is 3.45. The molecule has 0 aromatic carbocycles. The third-order valence-corrected chi connectivity index (χ3v) is 4.00. The molecule has 0 spiro atoms. The van der Waals surface area contributed by atoms with E-state index in [1.54, 1.807) is 6.92 Å². The molecular weight excluding hydrogens is 234 g/mol. The number of amides is 1. The topological polar surface area (TPSA) is 75.6 Å². The Balaban J connectivity index is 4.74. The Hall–Kier alpha value is -1.10. The van der Waals surface area contributed by atoms with Gasteiger partial charge in [-0.2, -0.15) is 0 Å². The molecule has 2 N–H and O–H groups in total. The van der Waals surface area contributed by atoms with Gasteiger partial charge in [-0.1, -0.05) is 20.8 Å². The summed E-state index contributed by atoms with van der Waals surface area (Å²) >= 11 is 0. The van der Waals surface area contributed by atoms with Crippen LogP contribution in [0.25, 0.3) is 0 Å². The number of carboxylic acid groups (broad SMARTS) is 1. The summed E-state index contributed by atoms with van der Waals surface area (Å²) in [6.07, 6.45) is 1.50. The van der Waals surface area contributed by atoms with Gasteiger partial charge in [-0.3, -0.25) is 9.59 Å². The minimum atomic E-state index is -0.897. The summed E-state index contributed by atoms with van der Waals surface area (Å²) in [7, 11) is 1.48. The summed E-state index contributed by atoms with van der Waals surface area (Å²) in [6, 6.07) is 0. The Kier molecular flexibility index (Phi) is 6.32. The number of ether oxygens (including phenoxy) is 1. The highest BCUT2D eigenvalue weighted by atomic mass is 16.5. The van der Waals surface area contributed by atoms with Gasteiger partial charge in [-0.15, -0.1) is 0 Å². The van der Waals surface area contributed by atoms with Crippen LogP contribution in [-0.2, 0) is 14.3 Å². The molecule has 0 aliphatic rings. The molecule has 0 fully saturated rings. The first kappa shape index (κ1) is 16.9. The van der Waals surface area contributed by atoms with Crippen molar-refractivity contribution in [2.75, 3.05) is 13.7 Å². The lowest BCUT2D eigenvalue weighted by molar-refractivity contribution is -0.150. The number of hydrogen-bond donors (Lipinski definition) is 2. The van der Waals surface area contributed by atoms with Crippen molar-refractivity contribution in [3.63, 3.8) is 0 Å². The molecule has 1 amide bonds. The second-order valence-electron chi connectivity index (χ2n) is 4.76. The van der Waals surface area contributed by atoms with E-state index in [0.717, 1.165) is 0 Å². The van der Waals surface area contributed by atoms with E-state index in [4.69, 9.17) is 4.74 Å². The van der Waals surface area contributed by atoms with Crippen LogP contribution in [0.5, 0.6) is 0 Å². The highest BCUT2D eigenvalue weighted by Crippen LogP contribution is 2.26. The zero-order valence-electron chi connectivity index (χ0n) is 12.0. The van der Waals surface area contributed by atoms with Crippen LogP contribution < -0.4 is 5.32 Å². The molecule has 0 bridgehead atoms. The van der Waals surface area contributed by atoms with E-state index in [9.17, 15) is 14.7 Å². The second-order valence-corrected chi connectivity index (χ2v) is 4.76. The molecule has 5 heteroatoms. The van der Waals surface area contributed by atoms with Gasteiger partial charge >= 0.3 is 5.97 Å². The van der Waals surface area contributed by atoms with Crippen LogP contribution in [0.4, 0.5) is 0 Å². The predicted octanol–water partition coefficient (Wildman–Crippen LogP) is 1.81. The highest BCUT2D eigenvalue weighted by molar-refractivity contribution is 5.85. The van der Waals surface area contributed by atoms with Crippen LogP contribution >= 0.6 is 0 Å². The Labute approximate surface area is 109 Å². The molecule has 0 heterocycles. The summed E-state index contributed by atoms with van der Waals surface area (Å²) < 4.78 is 5.18. The summed E-state index contributed by atoms with van der Waals surface area (Å²) in [5.41, 5.74) is -1.79. The average Bonchev–Trinajstić information content (AvgIpc) is 2.38. The lowest BCUT2D eigenvalue weighted by Crippen LogP contribution is -2.50. The quantitative estimate of drug-likeness (QED) is 0.697. The minimum Gasteiger partial charge on any atom is -0.481 e. The number of hydrogen-bond acceptors (Lipinski definition) is 3. The van der Waals surface area contributed by atoms with Gasteiger partial charge in [0.15, 0.2) is 0 Å². The predicted molar refractivity (Wildman–Crippen MR) is 69.4 cm³/mol. The molecule has 0 rings (SSSR count). The van der Waals surface area contributed by atoms with Crippen LogP contribution in [0.1, 0.15) is 47.0 Å². The van der Waals surface area contributed by atoms with Gasteiger partial charge in [0, 0.05) is 13.7 Å². The molecule has 0 saturated heterocycles. The van der Waals surface area contributed by atoms with Gasteiger partial charge < -0.3 is 15.2 Å². The largest absolute Gasteiger partial charge is 0.481 e. The van der Waals surface area contributed by atoms with E-state index in [1.165, 1.54) is 7.11 Å². The number of rotatable bonds is 8. The smallest absolute Gasteiger partial charge is 0.311 e. The van der Waals surface area contributed by atoms with E-state index >= 15 is 0 Å². The first-order chi connectivity index (χ1) is 8.31. The molecule has 0 aliphatic heterocycles. The highest BCUT2D eigenvalue weighted by Gasteiger charge is 2.38. The van der Waals surface area contributed by atoms with Crippen molar-refractivity contribution in [3.8, 4) is 0 Å². The molecule has 5 nitrogen and oxygen atoms in total. The monoisotopic (exact) mass is 259 g/mol. The molecule has 0 aromatic heterocycles. The molecule has 1 unspecified atom stereocenters. The van der Waals surface area contributed by atoms with E-state index in [-0.39, 0.29) is 12.5 Å². The standard InChI is InChI=1S/C13H25NO4/c1-6-12(4,18-5)10(15)14-9-13(7-2,8-3)11(16)17/h6-9H2,1-5H3,(H,14,15)(H,16,17). The van der Waals surface area contributed by atoms with Gasteiger partial charge in [0.25, 0.3) is 5.91 Å². The molecule has 1 atom stereocenters. The lowest BCUT2D eigenvalue weighted by Gasteiger charge is -2.30. The van der Waals surface area contributed by atoms with Gasteiger partial charge in [0.05, 0.1) is 5.41 Å². The number of nitrogens with one attached hydrogen (secondary N) is 1. The van der Waals surface area contributed by atoms with Crippen LogP contribution in [0, 0.1) is 5.41 Å². The summed E-state index contributed by atoms with van der Waals surface area (Å²) in [5, 5.41) is 12.0. The molecule has 0 radical (unpaired) electrons. The van der Waals surface area contributed by atoms with E-state index in [0.29, 0.717) is 19.3 Å². The molecule has 106 valence electrons. The van der Waals surface area contributed by atoms with E-state index in [1.807, 2.05) is 20.8 Å². The maximum atomic E-state index is 12.0. The zero-order chi connectivity index (χ0) is 14.4. The molecule has 0 saturated carbocycles. The van der Waals surface area contributed by atoms with Crippen LogP contribution in [0.15, 0.2) is 0 Å². The Morgan fingerprint density at radius 3 is 1.94 bits per heavy atom. The van der Waals surface area contributed by atoms with Gasteiger partial charge in [-0.05, 0) is 26.2 Å². The number of carbonyl (C=O) groups is 2. The van der Waals surface area contributed by atoms with Crippen LogP contribution in [-0.4, -0.2) is 36.2 Å². The zero-order valence-corrected chi connectivity index (χ0v) is 12.0. The summed E-state index contributed by atoms with van der Waals surface area (Å²) in [5.74, 6) is -1.14. The Morgan fingerprint density at radius 2 is 1.67 bits per heavy atom. The van der Waals surface area contributed by atoms with Crippen molar-refractivity contribution in [3.05, 3.63) is 0 Å². The third-order valence-electron chi connectivity index (χ3n) is 4.00. The first-order valence-corrected chi connectivity index (χ1v) is 6.38. The van der Waals surface area contributed by atoms with Crippen molar-refractivity contribution in [2.45, 2.75) is 52.6 Å². The van der Waals surface area contributed by atoms with Gasteiger partial charge in [-0.25, -0.2) is 0 Å². The fourth-order valence-electron chi connectivity index (χ4n) is 1.71. The molecular formula is C13H25NO4. The summed E-state index contributed by atoms with van der Waals surface area (Å²) in [4.78, 5) is 23.3. The van der Waals surface area contributed by atoms with Crippen molar-refractivity contribution in [1.29, 1.82) is 0 Å². The number of carbonyl (C=O) groups excluding carboxylic acids is 1. The van der Waals surface area contributed by atoms with Crippen molar-refractivity contribution in [2.24, 2.45) is 5.41 Å². The first-order valence-electron chi connectivity index (χ1n) is 6.38. The second kappa shape index (κ2) is 6.73. The molecule has 0 aromatic rings. The van der Waals surface area contributed by atoms with Crippen LogP contribution in [0.2, 0.25) is 0 Å². The summed E-state index contributed by atoms with van der Waals surface area (Å²) in [6.45, 7) is 7.32. The van der Waals surface area contributed by atoms with Crippen molar-refractivity contribution < 1.29 is 19.4 Å². The lowest BCUT2D eigenvalue weighted by atomic mass is 9.82. The Morgan fingerprint density at radius 1 is 1.17 bits per heavy atom. The Bertz CT molecular complexity index is 293. The van der Waals surface area contributed by atoms with Gasteiger partial charge in [0.1, 0.15) is 5.60 Å². The molecule has 0 aliphatic carbocycles. The minimum absolute atomic E-state index is 0.132. The van der Waals surface area contributed by atoms with Gasteiger partial charge in [0.2, 0.25) is 0 Å².